The van der Waals surface area contributed by atoms with Gasteiger partial charge >= 0.3 is 0 Å². The molecule has 2 amide bonds. The lowest BCUT2D eigenvalue weighted by Crippen LogP contribution is -2.47. The monoisotopic (exact) mass is 374 g/mol. The fourth-order valence-corrected chi connectivity index (χ4v) is 3.14. The van der Waals surface area contributed by atoms with Gasteiger partial charge in [-0.3, -0.25) is 9.59 Å². The normalized spacial score (nSPS) is 11.8. The molecular weight excluding hydrogens is 348 g/mol. The Bertz CT molecular complexity index is 757. The smallest absolute Gasteiger partial charge is 0.251 e. The van der Waals surface area contributed by atoms with Gasteiger partial charge < -0.3 is 14.6 Å². The second-order valence-electron chi connectivity index (χ2n) is 6.38. The summed E-state index contributed by atoms with van der Waals surface area (Å²) in [4.78, 5) is 27.0. The Labute approximate surface area is 159 Å². The Morgan fingerprint density at radius 3 is 2.62 bits per heavy atom. The molecule has 0 fully saturated rings. The van der Waals surface area contributed by atoms with Crippen LogP contribution in [-0.2, 0) is 11.3 Å². The third kappa shape index (κ3) is 5.66. The number of hydrogen-bond acceptors (Lipinski definition) is 4. The van der Waals surface area contributed by atoms with Crippen LogP contribution >= 0.6 is 11.8 Å². The van der Waals surface area contributed by atoms with E-state index in [9.17, 15) is 9.59 Å². The molecular formula is C20H26N2O3S. The van der Waals surface area contributed by atoms with Crippen molar-refractivity contribution in [3.63, 3.8) is 0 Å². The molecule has 0 saturated carbocycles. The van der Waals surface area contributed by atoms with Crippen LogP contribution in [0.3, 0.4) is 0 Å². The number of amides is 2. The number of nitrogens with zero attached hydrogens (tertiary/aromatic N) is 1. The van der Waals surface area contributed by atoms with Gasteiger partial charge in [-0.05, 0) is 56.5 Å². The van der Waals surface area contributed by atoms with Crippen molar-refractivity contribution in [2.24, 2.45) is 0 Å². The minimum absolute atomic E-state index is 0.117. The summed E-state index contributed by atoms with van der Waals surface area (Å²) in [6, 6.07) is 10.5. The highest BCUT2D eigenvalue weighted by Gasteiger charge is 2.24. The standard InChI is InChI=1S/C20H26N2O3S/c1-14-6-5-7-16(12-14)19(23)21-18(10-11-26-4)20(24)22(3)13-17-9-8-15(2)25-17/h5-9,12,18H,10-11,13H2,1-4H3,(H,21,23)/t18-/m0/s1. The fourth-order valence-electron chi connectivity index (χ4n) is 2.67. The fraction of sp³-hybridized carbons (Fsp3) is 0.400. The van der Waals surface area contributed by atoms with E-state index in [1.165, 1.54) is 0 Å². The van der Waals surface area contributed by atoms with Crippen molar-refractivity contribution in [2.45, 2.75) is 32.9 Å². The molecule has 1 aromatic heterocycles. The topological polar surface area (TPSA) is 62.6 Å². The first kappa shape index (κ1) is 20.1. The van der Waals surface area contributed by atoms with E-state index < -0.39 is 6.04 Å². The van der Waals surface area contributed by atoms with Crippen molar-refractivity contribution in [1.82, 2.24) is 10.2 Å². The summed E-state index contributed by atoms with van der Waals surface area (Å²) in [5.74, 6) is 1.99. The molecule has 0 aliphatic carbocycles. The summed E-state index contributed by atoms with van der Waals surface area (Å²) in [6.45, 7) is 4.18. The molecule has 0 aliphatic heterocycles. The Kier molecular flexibility index (Phi) is 7.33. The summed E-state index contributed by atoms with van der Waals surface area (Å²) in [6.07, 6.45) is 2.57. The number of carbonyl (C=O) groups excluding carboxylic acids is 2. The molecule has 1 atom stereocenters. The number of thioether (sulfide) groups is 1. The highest BCUT2D eigenvalue weighted by molar-refractivity contribution is 7.98. The van der Waals surface area contributed by atoms with Crippen LogP contribution in [0.2, 0.25) is 0 Å². The van der Waals surface area contributed by atoms with Gasteiger partial charge in [0.1, 0.15) is 17.6 Å². The summed E-state index contributed by atoms with van der Waals surface area (Å²) in [7, 11) is 1.73. The van der Waals surface area contributed by atoms with Crippen LogP contribution in [0.25, 0.3) is 0 Å². The molecule has 5 nitrogen and oxygen atoms in total. The van der Waals surface area contributed by atoms with Crippen LogP contribution in [0.15, 0.2) is 40.8 Å². The first-order chi connectivity index (χ1) is 12.4. The third-order valence-corrected chi connectivity index (χ3v) is 4.70. The second-order valence-corrected chi connectivity index (χ2v) is 7.37. The SMILES string of the molecule is CSCC[C@H](NC(=O)c1cccc(C)c1)C(=O)N(C)Cc1ccc(C)o1. The van der Waals surface area contributed by atoms with Gasteiger partial charge in [0, 0.05) is 12.6 Å². The number of hydrogen-bond donors (Lipinski definition) is 1. The predicted molar refractivity (Wildman–Crippen MR) is 105 cm³/mol. The lowest BCUT2D eigenvalue weighted by atomic mass is 10.1. The average Bonchev–Trinajstić information content (AvgIpc) is 3.02. The molecule has 0 radical (unpaired) electrons. The van der Waals surface area contributed by atoms with E-state index in [-0.39, 0.29) is 11.8 Å². The molecule has 26 heavy (non-hydrogen) atoms. The lowest BCUT2D eigenvalue weighted by molar-refractivity contribution is -0.132. The van der Waals surface area contributed by atoms with E-state index in [0.29, 0.717) is 18.5 Å². The van der Waals surface area contributed by atoms with Crippen molar-refractivity contribution in [3.05, 3.63) is 59.0 Å². The minimum atomic E-state index is -0.559. The predicted octanol–water partition coefficient (Wildman–Crippen LogP) is 3.41. The average molecular weight is 375 g/mol. The molecule has 0 aliphatic rings. The van der Waals surface area contributed by atoms with E-state index in [1.54, 1.807) is 29.8 Å². The van der Waals surface area contributed by atoms with Gasteiger partial charge in [0.15, 0.2) is 0 Å². The number of aryl methyl sites for hydroxylation is 2. The molecule has 0 unspecified atom stereocenters. The van der Waals surface area contributed by atoms with E-state index >= 15 is 0 Å². The van der Waals surface area contributed by atoms with Crippen LogP contribution in [0, 0.1) is 13.8 Å². The zero-order valence-electron chi connectivity index (χ0n) is 15.7. The molecule has 1 N–H and O–H groups in total. The number of likely N-dealkylation sites (N-methyl/N-ethyl adjacent to an activating group) is 1. The first-order valence-electron chi connectivity index (χ1n) is 8.57. The Balaban J connectivity index is 2.06. The van der Waals surface area contributed by atoms with Crippen LogP contribution in [-0.4, -0.2) is 41.8 Å². The zero-order chi connectivity index (χ0) is 19.1. The van der Waals surface area contributed by atoms with Crippen molar-refractivity contribution in [2.75, 3.05) is 19.1 Å². The van der Waals surface area contributed by atoms with Gasteiger partial charge in [0.05, 0.1) is 6.54 Å². The maximum absolute atomic E-state index is 12.9. The van der Waals surface area contributed by atoms with Crippen molar-refractivity contribution in [3.8, 4) is 0 Å². The maximum atomic E-state index is 12.9. The Morgan fingerprint density at radius 2 is 2.00 bits per heavy atom. The summed E-state index contributed by atoms with van der Waals surface area (Å²) in [5, 5.41) is 2.89. The van der Waals surface area contributed by atoms with E-state index in [2.05, 4.69) is 5.32 Å². The Morgan fingerprint density at radius 1 is 1.23 bits per heavy atom. The second kappa shape index (κ2) is 9.48. The van der Waals surface area contributed by atoms with Gasteiger partial charge in [0.25, 0.3) is 5.91 Å². The summed E-state index contributed by atoms with van der Waals surface area (Å²) >= 11 is 1.65. The van der Waals surface area contributed by atoms with Gasteiger partial charge in [0.2, 0.25) is 5.91 Å². The summed E-state index contributed by atoms with van der Waals surface area (Å²) < 4.78 is 5.54. The van der Waals surface area contributed by atoms with E-state index in [1.807, 2.05) is 50.4 Å². The number of benzene rings is 1. The van der Waals surface area contributed by atoms with Crippen molar-refractivity contribution < 1.29 is 14.0 Å². The molecule has 0 bridgehead atoms. The van der Waals surface area contributed by atoms with Crippen LogP contribution in [0.4, 0.5) is 0 Å². The maximum Gasteiger partial charge on any atom is 0.251 e. The summed E-state index contributed by atoms with van der Waals surface area (Å²) in [5.41, 5.74) is 1.58. The first-order valence-corrected chi connectivity index (χ1v) is 9.97. The van der Waals surface area contributed by atoms with E-state index in [4.69, 9.17) is 4.42 Å². The van der Waals surface area contributed by atoms with Gasteiger partial charge in [-0.25, -0.2) is 0 Å². The molecule has 140 valence electrons. The highest BCUT2D eigenvalue weighted by atomic mass is 32.2. The third-order valence-electron chi connectivity index (χ3n) is 4.06. The van der Waals surface area contributed by atoms with E-state index in [0.717, 1.165) is 22.8 Å². The van der Waals surface area contributed by atoms with Crippen LogP contribution < -0.4 is 5.32 Å². The van der Waals surface area contributed by atoms with Crippen molar-refractivity contribution in [1.29, 1.82) is 0 Å². The molecule has 0 spiro atoms. The number of rotatable bonds is 8. The molecule has 6 heteroatoms. The molecule has 1 heterocycles. The van der Waals surface area contributed by atoms with Crippen molar-refractivity contribution >= 4 is 23.6 Å². The van der Waals surface area contributed by atoms with Crippen LogP contribution in [0.5, 0.6) is 0 Å². The minimum Gasteiger partial charge on any atom is -0.464 e. The largest absolute Gasteiger partial charge is 0.464 e. The molecule has 2 rings (SSSR count). The van der Waals surface area contributed by atoms with Gasteiger partial charge in [-0.2, -0.15) is 11.8 Å². The Hall–Kier alpha value is -2.21. The molecule has 0 saturated heterocycles. The number of carbonyl (C=O) groups is 2. The number of furan rings is 1. The van der Waals surface area contributed by atoms with Gasteiger partial charge in [-0.15, -0.1) is 0 Å². The quantitative estimate of drug-likeness (QED) is 0.769. The molecule has 2 aromatic rings. The lowest BCUT2D eigenvalue weighted by Gasteiger charge is -2.24. The molecule has 1 aromatic carbocycles. The zero-order valence-corrected chi connectivity index (χ0v) is 16.6. The number of nitrogens with one attached hydrogen (secondary N) is 1. The van der Waals surface area contributed by atoms with Crippen LogP contribution in [0.1, 0.15) is 33.9 Å². The highest BCUT2D eigenvalue weighted by Crippen LogP contribution is 2.12. The van der Waals surface area contributed by atoms with Gasteiger partial charge in [-0.1, -0.05) is 17.7 Å².